The van der Waals surface area contributed by atoms with Gasteiger partial charge in [0.05, 0.1) is 11.0 Å². The molecule has 2 N–H and O–H groups in total. The van der Waals surface area contributed by atoms with Crippen LogP contribution in [0.2, 0.25) is 0 Å². The van der Waals surface area contributed by atoms with Crippen LogP contribution in [0.4, 0.5) is 0 Å². The molecule has 6 nitrogen and oxygen atoms in total. The van der Waals surface area contributed by atoms with Crippen molar-refractivity contribution in [1.82, 2.24) is 4.31 Å². The van der Waals surface area contributed by atoms with Crippen molar-refractivity contribution in [2.24, 2.45) is 11.7 Å². The monoisotopic (exact) mass is 352 g/mol. The Bertz CT molecular complexity index is 711. The third-order valence-electron chi connectivity index (χ3n) is 5.02. The van der Waals surface area contributed by atoms with E-state index in [1.165, 1.54) is 0 Å². The summed E-state index contributed by atoms with van der Waals surface area (Å²) in [6, 6.07) is 7.01. The molecule has 2 saturated heterocycles. The molecule has 0 aliphatic carbocycles. The van der Waals surface area contributed by atoms with Crippen LogP contribution in [0.5, 0.6) is 0 Å². The molecule has 0 saturated carbocycles. The second kappa shape index (κ2) is 6.82. The molecule has 2 atom stereocenters. The number of aryl methyl sites for hydroxylation is 1. The Balaban J connectivity index is 1.62. The van der Waals surface area contributed by atoms with Crippen molar-refractivity contribution < 1.29 is 17.9 Å². The quantitative estimate of drug-likeness (QED) is 0.887. The fraction of sp³-hybridized carbons (Fsp3) is 0.588. The first-order valence-electron chi connectivity index (χ1n) is 8.39. The Morgan fingerprint density at radius 2 is 1.92 bits per heavy atom. The van der Waals surface area contributed by atoms with Gasteiger partial charge in [0.1, 0.15) is 6.10 Å². The van der Waals surface area contributed by atoms with E-state index in [9.17, 15) is 13.2 Å². The van der Waals surface area contributed by atoms with E-state index < -0.39 is 22.0 Å². The van der Waals surface area contributed by atoms with Gasteiger partial charge in [-0.1, -0.05) is 12.1 Å². The number of amides is 1. The molecule has 2 aliphatic rings. The highest BCUT2D eigenvalue weighted by Crippen LogP contribution is 2.33. The maximum Gasteiger partial charge on any atom is 0.246 e. The summed E-state index contributed by atoms with van der Waals surface area (Å²) in [5.74, 6) is -0.115. The van der Waals surface area contributed by atoms with Gasteiger partial charge in [0, 0.05) is 13.1 Å². The zero-order valence-corrected chi connectivity index (χ0v) is 14.7. The molecule has 132 valence electrons. The predicted octanol–water partition coefficient (Wildman–Crippen LogP) is 1.43. The van der Waals surface area contributed by atoms with Crippen molar-refractivity contribution in [2.45, 2.75) is 49.7 Å². The first kappa shape index (κ1) is 17.4. The maximum absolute atomic E-state index is 12.7. The standard InChI is InChI=1S/C17H24N2O4S/c1-12-3-2-4-14(11-12)24(21,22)19-9-7-13(8-10-19)15-5-6-16(23-15)17(18)20/h2-4,11,13,15-16H,5-10H2,1H3,(H2,18,20)/t15-,16+/m0/s1. The van der Waals surface area contributed by atoms with E-state index in [0.717, 1.165) is 24.8 Å². The summed E-state index contributed by atoms with van der Waals surface area (Å²) in [5, 5.41) is 0. The number of carbonyl (C=O) groups is 1. The molecule has 24 heavy (non-hydrogen) atoms. The Morgan fingerprint density at radius 1 is 1.21 bits per heavy atom. The van der Waals surface area contributed by atoms with E-state index in [1.54, 1.807) is 22.5 Å². The summed E-state index contributed by atoms with van der Waals surface area (Å²) in [7, 11) is -3.44. The van der Waals surface area contributed by atoms with Gasteiger partial charge in [0.15, 0.2) is 0 Å². The summed E-state index contributed by atoms with van der Waals surface area (Å²) in [4.78, 5) is 11.6. The molecule has 2 aliphatic heterocycles. The number of sulfonamides is 1. The number of hydrogen-bond acceptors (Lipinski definition) is 4. The van der Waals surface area contributed by atoms with Gasteiger partial charge < -0.3 is 10.5 Å². The Morgan fingerprint density at radius 3 is 2.50 bits per heavy atom. The van der Waals surface area contributed by atoms with E-state index in [4.69, 9.17) is 10.5 Å². The highest BCUT2D eigenvalue weighted by molar-refractivity contribution is 7.89. The van der Waals surface area contributed by atoms with E-state index in [0.29, 0.717) is 30.3 Å². The van der Waals surface area contributed by atoms with Crippen molar-refractivity contribution in [2.75, 3.05) is 13.1 Å². The molecule has 0 unspecified atom stereocenters. The number of hydrogen-bond donors (Lipinski definition) is 1. The number of nitrogens with two attached hydrogens (primary N) is 1. The largest absolute Gasteiger partial charge is 0.367 e. The molecule has 0 aromatic heterocycles. The molecule has 1 aromatic rings. The van der Waals surface area contributed by atoms with Crippen molar-refractivity contribution in [3.63, 3.8) is 0 Å². The number of benzene rings is 1. The highest BCUT2D eigenvalue weighted by atomic mass is 32.2. The van der Waals surface area contributed by atoms with Crippen LogP contribution in [0, 0.1) is 12.8 Å². The summed E-state index contributed by atoms with van der Waals surface area (Å²) in [6.45, 7) is 2.86. The molecule has 2 fully saturated rings. The highest BCUT2D eigenvalue weighted by Gasteiger charge is 2.37. The van der Waals surface area contributed by atoms with Gasteiger partial charge in [-0.2, -0.15) is 4.31 Å². The number of piperidine rings is 1. The number of nitrogens with zero attached hydrogens (tertiary/aromatic N) is 1. The van der Waals surface area contributed by atoms with Crippen LogP contribution < -0.4 is 5.73 Å². The maximum atomic E-state index is 12.7. The smallest absolute Gasteiger partial charge is 0.246 e. The third-order valence-corrected chi connectivity index (χ3v) is 6.92. The van der Waals surface area contributed by atoms with Crippen LogP contribution in [-0.4, -0.2) is 43.9 Å². The second-order valence-electron chi connectivity index (χ2n) is 6.70. The van der Waals surface area contributed by atoms with Gasteiger partial charge in [-0.25, -0.2) is 8.42 Å². The fourth-order valence-electron chi connectivity index (χ4n) is 3.63. The average molecular weight is 352 g/mol. The topological polar surface area (TPSA) is 89.7 Å². The number of primary amides is 1. The van der Waals surface area contributed by atoms with Gasteiger partial charge in [-0.05, 0) is 56.2 Å². The summed E-state index contributed by atoms with van der Waals surface area (Å²) in [6.07, 6.45) is 2.53. The fourth-order valence-corrected chi connectivity index (χ4v) is 5.21. The van der Waals surface area contributed by atoms with Crippen LogP contribution in [-0.2, 0) is 19.6 Å². The van der Waals surface area contributed by atoms with Crippen molar-refractivity contribution >= 4 is 15.9 Å². The first-order valence-corrected chi connectivity index (χ1v) is 9.83. The normalized spacial score (nSPS) is 26.5. The Labute approximate surface area is 143 Å². The molecule has 2 heterocycles. The zero-order valence-electron chi connectivity index (χ0n) is 13.8. The second-order valence-corrected chi connectivity index (χ2v) is 8.64. The van der Waals surface area contributed by atoms with Crippen molar-refractivity contribution in [3.05, 3.63) is 29.8 Å². The Kier molecular flexibility index (Phi) is 4.94. The van der Waals surface area contributed by atoms with E-state index in [-0.39, 0.29) is 6.10 Å². The minimum Gasteiger partial charge on any atom is -0.367 e. The molecular formula is C17H24N2O4S. The SMILES string of the molecule is Cc1cccc(S(=O)(=O)N2CCC([C@@H]3CC[C@H](C(N)=O)O3)CC2)c1. The van der Waals surface area contributed by atoms with Gasteiger partial charge >= 0.3 is 0 Å². The Hall–Kier alpha value is -1.44. The lowest BCUT2D eigenvalue weighted by Crippen LogP contribution is -2.41. The van der Waals surface area contributed by atoms with E-state index in [2.05, 4.69) is 0 Å². The van der Waals surface area contributed by atoms with Gasteiger partial charge in [0.2, 0.25) is 15.9 Å². The van der Waals surface area contributed by atoms with Gasteiger partial charge in [-0.3, -0.25) is 4.79 Å². The molecule has 7 heteroatoms. The molecule has 1 aromatic carbocycles. The minimum absolute atomic E-state index is 0.0197. The summed E-state index contributed by atoms with van der Waals surface area (Å²) < 4.78 is 32.8. The summed E-state index contributed by atoms with van der Waals surface area (Å²) >= 11 is 0. The van der Waals surface area contributed by atoms with Crippen LogP contribution in [0.25, 0.3) is 0 Å². The minimum atomic E-state index is -3.44. The van der Waals surface area contributed by atoms with Crippen molar-refractivity contribution in [1.29, 1.82) is 0 Å². The lowest BCUT2D eigenvalue weighted by Gasteiger charge is -2.33. The van der Waals surface area contributed by atoms with Crippen LogP contribution in [0.3, 0.4) is 0 Å². The molecule has 0 bridgehead atoms. The molecule has 0 radical (unpaired) electrons. The lowest BCUT2D eigenvalue weighted by atomic mass is 9.90. The summed E-state index contributed by atoms with van der Waals surface area (Å²) in [5.41, 5.74) is 6.23. The average Bonchev–Trinajstić information content (AvgIpc) is 3.05. The lowest BCUT2D eigenvalue weighted by molar-refractivity contribution is -0.130. The third kappa shape index (κ3) is 3.48. The van der Waals surface area contributed by atoms with Crippen molar-refractivity contribution in [3.8, 4) is 0 Å². The number of carbonyl (C=O) groups excluding carboxylic acids is 1. The molecule has 0 spiro atoms. The number of rotatable bonds is 4. The van der Waals surface area contributed by atoms with Gasteiger partial charge in [-0.15, -0.1) is 0 Å². The van der Waals surface area contributed by atoms with E-state index in [1.807, 2.05) is 13.0 Å². The van der Waals surface area contributed by atoms with E-state index >= 15 is 0 Å². The van der Waals surface area contributed by atoms with Crippen LogP contribution in [0.1, 0.15) is 31.2 Å². The van der Waals surface area contributed by atoms with Crippen LogP contribution >= 0.6 is 0 Å². The number of ether oxygens (including phenoxy) is 1. The zero-order chi connectivity index (χ0) is 17.3. The van der Waals surface area contributed by atoms with Crippen LogP contribution in [0.15, 0.2) is 29.2 Å². The first-order chi connectivity index (χ1) is 11.4. The molecular weight excluding hydrogens is 328 g/mol. The molecule has 1 amide bonds. The van der Waals surface area contributed by atoms with Gasteiger partial charge in [0.25, 0.3) is 0 Å². The predicted molar refractivity (Wildman–Crippen MR) is 89.8 cm³/mol. The molecule has 3 rings (SSSR count).